The van der Waals surface area contributed by atoms with Gasteiger partial charge in [-0.3, -0.25) is 15.2 Å². The van der Waals surface area contributed by atoms with Crippen molar-refractivity contribution in [2.24, 2.45) is 5.84 Å². The lowest BCUT2D eigenvalue weighted by atomic mass is 10.2. The normalized spacial score (nSPS) is 9.42. The number of hydrogen-bond donors (Lipinski definition) is 2. The molecule has 12 heavy (non-hydrogen) atoms. The molecule has 0 aliphatic carbocycles. The molecule has 4 nitrogen and oxygen atoms in total. The molecule has 64 valence electrons. The maximum absolute atomic E-state index is 10.7. The number of aryl methyl sites for hydroxylation is 1. The third kappa shape index (κ3) is 2.67. The number of aromatic nitrogens is 1. The van der Waals surface area contributed by atoms with Crippen molar-refractivity contribution in [3.05, 3.63) is 30.1 Å². The van der Waals surface area contributed by atoms with Crippen LogP contribution in [0.2, 0.25) is 0 Å². The summed E-state index contributed by atoms with van der Waals surface area (Å²) in [6, 6.07) is 5.61. The topological polar surface area (TPSA) is 68.0 Å². The van der Waals surface area contributed by atoms with E-state index in [9.17, 15) is 4.79 Å². The van der Waals surface area contributed by atoms with Crippen molar-refractivity contribution >= 4 is 5.91 Å². The van der Waals surface area contributed by atoms with E-state index in [1.165, 1.54) is 0 Å². The summed E-state index contributed by atoms with van der Waals surface area (Å²) in [6.45, 7) is 0. The molecule has 0 spiro atoms. The van der Waals surface area contributed by atoms with Crippen molar-refractivity contribution in [3.8, 4) is 0 Å². The maximum atomic E-state index is 10.7. The van der Waals surface area contributed by atoms with Gasteiger partial charge < -0.3 is 0 Å². The van der Waals surface area contributed by atoms with Crippen LogP contribution in [0.4, 0.5) is 0 Å². The number of amides is 1. The highest BCUT2D eigenvalue weighted by atomic mass is 16.2. The Labute approximate surface area is 70.8 Å². The molecule has 0 fully saturated rings. The first-order valence-corrected chi connectivity index (χ1v) is 3.72. The Hall–Kier alpha value is -1.42. The van der Waals surface area contributed by atoms with Crippen LogP contribution in [0.5, 0.6) is 0 Å². The fourth-order valence-electron chi connectivity index (χ4n) is 0.860. The summed E-state index contributed by atoms with van der Waals surface area (Å²) in [5, 5.41) is 0. The van der Waals surface area contributed by atoms with Crippen LogP contribution in [0.15, 0.2) is 24.4 Å². The summed E-state index contributed by atoms with van der Waals surface area (Å²) < 4.78 is 0. The molecule has 0 aromatic carbocycles. The van der Waals surface area contributed by atoms with Crippen molar-refractivity contribution in [3.63, 3.8) is 0 Å². The summed E-state index contributed by atoms with van der Waals surface area (Å²) in [4.78, 5) is 14.8. The molecule has 0 aliphatic heterocycles. The minimum absolute atomic E-state index is 0.166. The first-order chi connectivity index (χ1) is 5.83. The lowest BCUT2D eigenvalue weighted by Crippen LogP contribution is -2.30. The summed E-state index contributed by atoms with van der Waals surface area (Å²) in [5.74, 6) is 4.75. The molecule has 1 aromatic rings. The second-order valence-corrected chi connectivity index (χ2v) is 2.39. The highest BCUT2D eigenvalue weighted by Gasteiger charge is 1.99. The molecular formula is C8H11N3O. The summed E-state index contributed by atoms with van der Waals surface area (Å²) in [5.41, 5.74) is 2.97. The van der Waals surface area contributed by atoms with Gasteiger partial charge in [-0.05, 0) is 18.6 Å². The van der Waals surface area contributed by atoms with Gasteiger partial charge in [-0.15, -0.1) is 0 Å². The van der Waals surface area contributed by atoms with Crippen LogP contribution in [0.3, 0.4) is 0 Å². The van der Waals surface area contributed by atoms with Gasteiger partial charge in [0.25, 0.3) is 0 Å². The smallest absolute Gasteiger partial charge is 0.234 e. The van der Waals surface area contributed by atoms with Crippen LogP contribution in [0.1, 0.15) is 12.1 Å². The monoisotopic (exact) mass is 165 g/mol. The van der Waals surface area contributed by atoms with Crippen LogP contribution in [-0.2, 0) is 11.2 Å². The molecular weight excluding hydrogens is 154 g/mol. The number of nitrogens with one attached hydrogen (secondary N) is 1. The fourth-order valence-corrected chi connectivity index (χ4v) is 0.860. The average Bonchev–Trinajstić information content (AvgIpc) is 2.16. The van der Waals surface area contributed by atoms with Crippen LogP contribution in [0.25, 0.3) is 0 Å². The molecule has 0 bridgehead atoms. The highest BCUT2D eigenvalue weighted by Crippen LogP contribution is 1.97. The van der Waals surface area contributed by atoms with E-state index in [0.29, 0.717) is 12.8 Å². The molecule has 0 atom stereocenters. The van der Waals surface area contributed by atoms with Crippen molar-refractivity contribution in [1.29, 1.82) is 0 Å². The van der Waals surface area contributed by atoms with Crippen molar-refractivity contribution < 1.29 is 4.79 Å². The third-order valence-electron chi connectivity index (χ3n) is 1.50. The van der Waals surface area contributed by atoms with Gasteiger partial charge in [-0.2, -0.15) is 0 Å². The summed E-state index contributed by atoms with van der Waals surface area (Å²) in [7, 11) is 0. The van der Waals surface area contributed by atoms with E-state index < -0.39 is 0 Å². The predicted octanol–water partition coefficient (Wildman–Crippen LogP) is 0.00410. The molecule has 1 heterocycles. The number of nitrogens with two attached hydrogens (primary N) is 1. The number of rotatable bonds is 3. The summed E-state index contributed by atoms with van der Waals surface area (Å²) >= 11 is 0. The average molecular weight is 165 g/mol. The quantitative estimate of drug-likeness (QED) is 0.376. The summed E-state index contributed by atoms with van der Waals surface area (Å²) in [6.07, 6.45) is 2.72. The zero-order valence-electron chi connectivity index (χ0n) is 6.66. The van der Waals surface area contributed by atoms with Gasteiger partial charge in [0, 0.05) is 18.3 Å². The minimum atomic E-state index is -0.166. The number of hydrogen-bond acceptors (Lipinski definition) is 3. The number of carbonyl (C=O) groups excluding carboxylic acids is 1. The van der Waals surface area contributed by atoms with Crippen LogP contribution < -0.4 is 11.3 Å². The van der Waals surface area contributed by atoms with E-state index in [2.05, 4.69) is 10.4 Å². The van der Waals surface area contributed by atoms with E-state index in [-0.39, 0.29) is 5.91 Å². The van der Waals surface area contributed by atoms with Crippen LogP contribution in [0, 0.1) is 0 Å². The largest absolute Gasteiger partial charge is 0.294 e. The number of nitrogens with zero attached hydrogens (tertiary/aromatic N) is 1. The molecule has 0 unspecified atom stereocenters. The van der Waals surface area contributed by atoms with E-state index in [1.807, 2.05) is 18.2 Å². The second kappa shape index (κ2) is 4.46. The molecule has 0 radical (unpaired) electrons. The van der Waals surface area contributed by atoms with E-state index in [4.69, 9.17) is 5.84 Å². The second-order valence-electron chi connectivity index (χ2n) is 2.39. The SMILES string of the molecule is NNC(=O)CCc1ccccn1. The molecule has 0 aliphatic rings. The first kappa shape index (κ1) is 8.67. The molecule has 1 aromatic heterocycles. The van der Waals surface area contributed by atoms with Gasteiger partial charge in [-0.1, -0.05) is 6.07 Å². The van der Waals surface area contributed by atoms with E-state index in [1.54, 1.807) is 6.20 Å². The Bertz CT molecular complexity index is 248. The van der Waals surface area contributed by atoms with E-state index in [0.717, 1.165) is 5.69 Å². The molecule has 0 saturated heterocycles. The number of pyridine rings is 1. The van der Waals surface area contributed by atoms with Gasteiger partial charge in [0.2, 0.25) is 5.91 Å². The molecule has 0 saturated carbocycles. The van der Waals surface area contributed by atoms with Crippen molar-refractivity contribution in [2.75, 3.05) is 0 Å². The fraction of sp³-hybridized carbons (Fsp3) is 0.250. The van der Waals surface area contributed by atoms with Crippen molar-refractivity contribution in [1.82, 2.24) is 10.4 Å². The molecule has 1 rings (SSSR count). The van der Waals surface area contributed by atoms with Gasteiger partial charge in [0.05, 0.1) is 0 Å². The molecule has 1 amide bonds. The van der Waals surface area contributed by atoms with Gasteiger partial charge in [0.15, 0.2) is 0 Å². The highest BCUT2D eigenvalue weighted by molar-refractivity contribution is 5.75. The Morgan fingerprint density at radius 3 is 3.00 bits per heavy atom. The van der Waals surface area contributed by atoms with Crippen LogP contribution >= 0.6 is 0 Å². The lowest BCUT2D eigenvalue weighted by Gasteiger charge is -1.98. The standard InChI is InChI=1S/C8H11N3O/c9-11-8(12)5-4-7-3-1-2-6-10-7/h1-3,6H,4-5,9H2,(H,11,12). The first-order valence-electron chi connectivity index (χ1n) is 3.72. The van der Waals surface area contributed by atoms with Crippen LogP contribution in [-0.4, -0.2) is 10.9 Å². The van der Waals surface area contributed by atoms with Gasteiger partial charge in [0.1, 0.15) is 0 Å². The lowest BCUT2D eigenvalue weighted by molar-refractivity contribution is -0.121. The Kier molecular flexibility index (Phi) is 3.22. The zero-order chi connectivity index (χ0) is 8.81. The Balaban J connectivity index is 2.38. The Morgan fingerprint density at radius 1 is 1.58 bits per heavy atom. The van der Waals surface area contributed by atoms with Crippen molar-refractivity contribution in [2.45, 2.75) is 12.8 Å². The number of hydrazine groups is 1. The number of carbonyl (C=O) groups is 1. The molecule has 3 N–H and O–H groups in total. The van der Waals surface area contributed by atoms with Gasteiger partial charge >= 0.3 is 0 Å². The predicted molar refractivity (Wildman–Crippen MR) is 44.9 cm³/mol. The third-order valence-corrected chi connectivity index (χ3v) is 1.50. The van der Waals surface area contributed by atoms with E-state index >= 15 is 0 Å². The maximum Gasteiger partial charge on any atom is 0.234 e. The Morgan fingerprint density at radius 2 is 2.42 bits per heavy atom. The minimum Gasteiger partial charge on any atom is -0.294 e. The van der Waals surface area contributed by atoms with Gasteiger partial charge in [-0.25, -0.2) is 5.84 Å². The molecule has 4 heteroatoms. The zero-order valence-corrected chi connectivity index (χ0v) is 6.66.